The lowest BCUT2D eigenvalue weighted by atomic mass is 9.92. The molecule has 0 bridgehead atoms. The number of halogens is 2. The summed E-state index contributed by atoms with van der Waals surface area (Å²) in [4.78, 5) is 31.0. The van der Waals surface area contributed by atoms with Crippen LogP contribution in [-0.2, 0) is 16.9 Å². The largest absolute Gasteiger partial charge is 0.497 e. The molecule has 4 rings (SSSR count). The first kappa shape index (κ1) is 20.0. The number of thiazole rings is 1. The molecule has 1 aliphatic rings. The van der Waals surface area contributed by atoms with Gasteiger partial charge < -0.3 is 10.1 Å². The van der Waals surface area contributed by atoms with Crippen LogP contribution in [0.2, 0.25) is 0 Å². The zero-order valence-corrected chi connectivity index (χ0v) is 16.9. The van der Waals surface area contributed by atoms with Crippen LogP contribution < -0.4 is 10.1 Å². The minimum Gasteiger partial charge on any atom is -0.497 e. The van der Waals surface area contributed by atoms with Crippen LogP contribution in [-0.4, -0.2) is 28.9 Å². The molecule has 2 aromatic carbocycles. The minimum absolute atomic E-state index is 0.0312. The van der Waals surface area contributed by atoms with Crippen LogP contribution in [0.15, 0.2) is 47.8 Å². The van der Waals surface area contributed by atoms with Crippen molar-refractivity contribution in [2.24, 2.45) is 0 Å². The molecule has 1 aromatic heterocycles. The van der Waals surface area contributed by atoms with Crippen molar-refractivity contribution in [2.45, 2.75) is 19.0 Å². The quantitative estimate of drug-likeness (QED) is 0.621. The van der Waals surface area contributed by atoms with Crippen LogP contribution in [0.3, 0.4) is 0 Å². The Morgan fingerprint density at radius 3 is 2.53 bits per heavy atom. The average Bonchev–Trinajstić information content (AvgIpc) is 3.29. The zero-order valence-electron chi connectivity index (χ0n) is 16.1. The molecule has 154 valence electrons. The van der Waals surface area contributed by atoms with Crippen molar-refractivity contribution in [1.82, 2.24) is 15.2 Å². The molecule has 6 nitrogen and oxygen atoms in total. The Hall–Kier alpha value is -3.33. The van der Waals surface area contributed by atoms with Gasteiger partial charge in [0.1, 0.15) is 16.3 Å². The fourth-order valence-corrected chi connectivity index (χ4v) is 4.07. The number of hydrogen-bond acceptors (Lipinski definition) is 5. The lowest BCUT2D eigenvalue weighted by molar-refractivity contribution is -0.131. The van der Waals surface area contributed by atoms with E-state index in [1.54, 1.807) is 12.5 Å². The number of nitrogens with zero attached hydrogens (tertiary/aromatic N) is 2. The molecule has 3 aromatic rings. The van der Waals surface area contributed by atoms with Crippen molar-refractivity contribution in [3.8, 4) is 16.3 Å². The van der Waals surface area contributed by atoms with Gasteiger partial charge in [0.2, 0.25) is 0 Å². The van der Waals surface area contributed by atoms with Gasteiger partial charge in [-0.2, -0.15) is 0 Å². The topological polar surface area (TPSA) is 71.5 Å². The predicted molar refractivity (Wildman–Crippen MR) is 107 cm³/mol. The fourth-order valence-electron chi connectivity index (χ4n) is 3.25. The number of amides is 3. The molecule has 9 heteroatoms. The normalized spacial score (nSPS) is 18.6. The molecular weight excluding hydrogens is 412 g/mol. The Labute approximate surface area is 175 Å². The van der Waals surface area contributed by atoms with E-state index in [1.165, 1.54) is 24.3 Å². The van der Waals surface area contributed by atoms with Crippen LogP contribution >= 0.6 is 11.3 Å². The molecule has 3 amide bonds. The van der Waals surface area contributed by atoms with Crippen molar-refractivity contribution < 1.29 is 23.1 Å². The molecule has 2 heterocycles. The average molecular weight is 429 g/mol. The van der Waals surface area contributed by atoms with E-state index in [-0.39, 0.29) is 12.1 Å². The summed E-state index contributed by atoms with van der Waals surface area (Å²) in [6.07, 6.45) is 0. The second kappa shape index (κ2) is 7.49. The summed E-state index contributed by atoms with van der Waals surface area (Å²) in [5.74, 6) is -1.94. The Balaban J connectivity index is 1.55. The molecule has 0 radical (unpaired) electrons. The van der Waals surface area contributed by atoms with Crippen LogP contribution in [0.4, 0.5) is 13.6 Å². The van der Waals surface area contributed by atoms with Gasteiger partial charge in [0.05, 0.1) is 19.3 Å². The standard InChI is InChI=1S/C21H17F2N3O3S/c1-21(13-5-8-16(22)17(23)9-13)19(27)26(20(28)25-21)10-14-11-30-18(24-14)12-3-6-15(29-2)7-4-12/h3-9,11H,10H2,1-2H3,(H,25,28). The highest BCUT2D eigenvalue weighted by atomic mass is 32.1. The molecule has 1 fully saturated rings. The van der Waals surface area contributed by atoms with Crippen molar-refractivity contribution in [2.75, 3.05) is 7.11 Å². The zero-order chi connectivity index (χ0) is 21.5. The predicted octanol–water partition coefficient (Wildman–Crippen LogP) is 4.06. The van der Waals surface area contributed by atoms with Crippen molar-refractivity contribution in [3.63, 3.8) is 0 Å². The first-order valence-corrected chi connectivity index (χ1v) is 9.88. The fraction of sp³-hybridized carbons (Fsp3) is 0.190. The molecule has 1 atom stereocenters. The second-order valence-corrected chi connectivity index (χ2v) is 7.81. The van der Waals surface area contributed by atoms with Gasteiger partial charge in [0, 0.05) is 10.9 Å². The van der Waals surface area contributed by atoms with E-state index in [4.69, 9.17) is 4.74 Å². The summed E-state index contributed by atoms with van der Waals surface area (Å²) in [6, 6.07) is 9.89. The summed E-state index contributed by atoms with van der Waals surface area (Å²) in [5.41, 5.74) is 0.111. The third-order valence-corrected chi connectivity index (χ3v) is 5.92. The number of benzene rings is 2. The number of methoxy groups -OCH3 is 1. The first-order valence-electron chi connectivity index (χ1n) is 9.00. The number of aromatic nitrogens is 1. The highest BCUT2D eigenvalue weighted by molar-refractivity contribution is 7.13. The van der Waals surface area contributed by atoms with E-state index >= 15 is 0 Å². The number of imide groups is 1. The van der Waals surface area contributed by atoms with Crippen LogP contribution in [0, 0.1) is 11.6 Å². The summed E-state index contributed by atoms with van der Waals surface area (Å²) in [7, 11) is 1.59. The van der Waals surface area contributed by atoms with E-state index < -0.39 is 29.1 Å². The van der Waals surface area contributed by atoms with Crippen molar-refractivity contribution >= 4 is 23.3 Å². The number of hydrogen-bond donors (Lipinski definition) is 1. The van der Waals surface area contributed by atoms with Crippen molar-refractivity contribution in [3.05, 3.63) is 70.7 Å². The SMILES string of the molecule is COc1ccc(-c2nc(CN3C(=O)NC(C)(c4ccc(F)c(F)c4)C3=O)cs2)cc1. The van der Waals surface area contributed by atoms with Crippen LogP contribution in [0.5, 0.6) is 5.75 Å². The van der Waals surface area contributed by atoms with E-state index in [2.05, 4.69) is 10.3 Å². The number of ether oxygens (including phenoxy) is 1. The maximum absolute atomic E-state index is 13.7. The van der Waals surface area contributed by atoms with Gasteiger partial charge in [-0.25, -0.2) is 18.6 Å². The monoisotopic (exact) mass is 429 g/mol. The summed E-state index contributed by atoms with van der Waals surface area (Å²) in [5, 5.41) is 5.08. The first-order chi connectivity index (χ1) is 14.3. The Morgan fingerprint density at radius 2 is 1.87 bits per heavy atom. The summed E-state index contributed by atoms with van der Waals surface area (Å²) < 4.78 is 32.1. The third-order valence-electron chi connectivity index (χ3n) is 4.98. The Bertz CT molecular complexity index is 1130. The number of carbonyl (C=O) groups is 2. The van der Waals surface area contributed by atoms with Gasteiger partial charge in [0.25, 0.3) is 5.91 Å². The Morgan fingerprint density at radius 1 is 1.13 bits per heavy atom. The van der Waals surface area contributed by atoms with Gasteiger partial charge in [-0.05, 0) is 48.9 Å². The van der Waals surface area contributed by atoms with Gasteiger partial charge in [-0.1, -0.05) is 6.07 Å². The lowest BCUT2D eigenvalue weighted by Crippen LogP contribution is -2.41. The van der Waals surface area contributed by atoms with E-state index in [1.807, 2.05) is 24.3 Å². The van der Waals surface area contributed by atoms with Crippen LogP contribution in [0.25, 0.3) is 10.6 Å². The third kappa shape index (κ3) is 3.41. The molecule has 1 aliphatic heterocycles. The van der Waals surface area contributed by atoms with Gasteiger partial charge in [-0.3, -0.25) is 9.69 Å². The maximum Gasteiger partial charge on any atom is 0.325 e. The number of urea groups is 1. The van der Waals surface area contributed by atoms with E-state index in [0.29, 0.717) is 5.69 Å². The Kier molecular flexibility index (Phi) is 4.98. The summed E-state index contributed by atoms with van der Waals surface area (Å²) in [6.45, 7) is 1.43. The molecule has 30 heavy (non-hydrogen) atoms. The second-order valence-electron chi connectivity index (χ2n) is 6.95. The number of nitrogens with one attached hydrogen (secondary N) is 1. The lowest BCUT2D eigenvalue weighted by Gasteiger charge is -2.22. The number of rotatable bonds is 5. The van der Waals surface area contributed by atoms with Gasteiger partial charge >= 0.3 is 6.03 Å². The smallest absolute Gasteiger partial charge is 0.325 e. The van der Waals surface area contributed by atoms with E-state index in [9.17, 15) is 18.4 Å². The molecule has 0 spiro atoms. The maximum atomic E-state index is 13.7. The molecule has 1 N–H and O–H groups in total. The minimum atomic E-state index is -1.49. The van der Waals surface area contributed by atoms with Crippen LogP contribution in [0.1, 0.15) is 18.2 Å². The van der Waals surface area contributed by atoms with E-state index in [0.717, 1.165) is 33.4 Å². The van der Waals surface area contributed by atoms with Gasteiger partial charge in [0.15, 0.2) is 11.6 Å². The highest BCUT2D eigenvalue weighted by Gasteiger charge is 2.49. The van der Waals surface area contributed by atoms with Gasteiger partial charge in [-0.15, -0.1) is 11.3 Å². The molecule has 0 saturated carbocycles. The van der Waals surface area contributed by atoms with Crippen molar-refractivity contribution in [1.29, 1.82) is 0 Å². The summed E-state index contributed by atoms with van der Waals surface area (Å²) >= 11 is 1.39. The molecule has 1 unspecified atom stereocenters. The number of carbonyl (C=O) groups excluding carboxylic acids is 2. The molecular formula is C21H17F2N3O3S. The highest BCUT2D eigenvalue weighted by Crippen LogP contribution is 2.32. The molecule has 0 aliphatic carbocycles. The molecule has 1 saturated heterocycles.